The first-order valence-corrected chi connectivity index (χ1v) is 8.26. The molecule has 0 saturated carbocycles. The van der Waals surface area contributed by atoms with Gasteiger partial charge in [-0.1, -0.05) is 0 Å². The topological polar surface area (TPSA) is 113 Å². The van der Waals surface area contributed by atoms with Crippen LogP contribution in [0.3, 0.4) is 0 Å². The van der Waals surface area contributed by atoms with Gasteiger partial charge in [0.15, 0.2) is 5.03 Å². The number of H-pyrrole nitrogens is 1. The Balaban J connectivity index is 1.68. The Kier molecular flexibility index (Phi) is 4.32. The first-order valence-electron chi connectivity index (χ1n) is 6.78. The smallest absolute Gasteiger partial charge is 0.258 e. The standard InChI is InChI=1S/C12H16N6O3S/c19-22(20,12-8-13-9-15-12)16-7-10-14-2-1-11(17-10)18-3-5-21-6-4-18/h1-2,8-9,16H,3-7H2,(H,13,15). The van der Waals surface area contributed by atoms with E-state index in [1.807, 2.05) is 0 Å². The number of hydrogen-bond acceptors (Lipinski definition) is 7. The number of imidazole rings is 1. The molecule has 1 fully saturated rings. The van der Waals surface area contributed by atoms with E-state index in [4.69, 9.17) is 4.74 Å². The number of sulfonamides is 1. The maximum Gasteiger partial charge on any atom is 0.258 e. The Labute approximate surface area is 127 Å². The molecule has 22 heavy (non-hydrogen) atoms. The van der Waals surface area contributed by atoms with Crippen molar-refractivity contribution in [2.24, 2.45) is 0 Å². The van der Waals surface area contributed by atoms with Gasteiger partial charge in [-0.2, -0.15) is 0 Å². The summed E-state index contributed by atoms with van der Waals surface area (Å²) >= 11 is 0. The Morgan fingerprint density at radius 1 is 1.36 bits per heavy atom. The number of hydrogen-bond donors (Lipinski definition) is 2. The molecule has 9 nitrogen and oxygen atoms in total. The lowest BCUT2D eigenvalue weighted by atomic mass is 10.4. The fourth-order valence-electron chi connectivity index (χ4n) is 2.07. The summed E-state index contributed by atoms with van der Waals surface area (Å²) in [6.45, 7) is 2.85. The fraction of sp³-hybridized carbons (Fsp3) is 0.417. The summed E-state index contributed by atoms with van der Waals surface area (Å²) in [6, 6.07) is 1.80. The molecule has 10 heteroatoms. The summed E-state index contributed by atoms with van der Waals surface area (Å²) < 4.78 is 31.7. The molecule has 1 saturated heterocycles. The minimum Gasteiger partial charge on any atom is -0.378 e. The average Bonchev–Trinajstić information content (AvgIpc) is 3.10. The molecule has 1 aliphatic heterocycles. The van der Waals surface area contributed by atoms with Crippen molar-refractivity contribution in [1.82, 2.24) is 24.7 Å². The SMILES string of the molecule is O=S(=O)(NCc1nccc(N2CCOCC2)n1)c1cnc[nH]1. The summed E-state index contributed by atoms with van der Waals surface area (Å²) in [5.41, 5.74) is 0. The summed E-state index contributed by atoms with van der Waals surface area (Å²) in [4.78, 5) is 16.8. The zero-order chi connectivity index (χ0) is 15.4. The largest absolute Gasteiger partial charge is 0.378 e. The van der Waals surface area contributed by atoms with Crippen molar-refractivity contribution < 1.29 is 13.2 Å². The summed E-state index contributed by atoms with van der Waals surface area (Å²) in [7, 11) is -3.63. The van der Waals surface area contributed by atoms with E-state index in [1.165, 1.54) is 12.5 Å². The van der Waals surface area contributed by atoms with E-state index in [-0.39, 0.29) is 11.6 Å². The van der Waals surface area contributed by atoms with Crippen LogP contribution in [0.4, 0.5) is 5.82 Å². The van der Waals surface area contributed by atoms with Gasteiger partial charge in [0.2, 0.25) is 0 Å². The van der Waals surface area contributed by atoms with Crippen molar-refractivity contribution in [2.75, 3.05) is 31.2 Å². The number of nitrogens with zero attached hydrogens (tertiary/aromatic N) is 4. The monoisotopic (exact) mass is 324 g/mol. The normalized spacial score (nSPS) is 15.9. The molecule has 0 amide bonds. The van der Waals surface area contributed by atoms with Crippen molar-refractivity contribution in [3.63, 3.8) is 0 Å². The van der Waals surface area contributed by atoms with Gasteiger partial charge in [-0.3, -0.25) is 0 Å². The number of rotatable bonds is 5. The summed E-state index contributed by atoms with van der Waals surface area (Å²) in [5, 5.41) is 0.0110. The number of ether oxygens (including phenoxy) is 1. The van der Waals surface area contributed by atoms with E-state index in [1.54, 1.807) is 12.3 Å². The zero-order valence-corrected chi connectivity index (χ0v) is 12.6. The molecule has 0 bridgehead atoms. The highest BCUT2D eigenvalue weighted by Gasteiger charge is 2.17. The van der Waals surface area contributed by atoms with Crippen molar-refractivity contribution in [2.45, 2.75) is 11.6 Å². The lowest BCUT2D eigenvalue weighted by molar-refractivity contribution is 0.122. The van der Waals surface area contributed by atoms with E-state index in [2.05, 4.69) is 29.6 Å². The molecule has 2 N–H and O–H groups in total. The molecule has 118 valence electrons. The van der Waals surface area contributed by atoms with Gasteiger partial charge in [-0.25, -0.2) is 28.1 Å². The molecule has 3 rings (SSSR count). The minimum atomic E-state index is -3.63. The predicted octanol–water partition coefficient (Wildman–Crippen LogP) is -0.485. The molecule has 0 aromatic carbocycles. The number of nitrogens with one attached hydrogen (secondary N) is 2. The third kappa shape index (κ3) is 3.40. The predicted molar refractivity (Wildman–Crippen MR) is 77.7 cm³/mol. The molecule has 3 heterocycles. The number of aromatic amines is 1. The van der Waals surface area contributed by atoms with Gasteiger partial charge in [0.1, 0.15) is 11.6 Å². The maximum atomic E-state index is 12.0. The van der Waals surface area contributed by atoms with Crippen molar-refractivity contribution >= 4 is 15.8 Å². The molecule has 1 aliphatic rings. The van der Waals surface area contributed by atoms with Crippen molar-refractivity contribution in [3.8, 4) is 0 Å². The van der Waals surface area contributed by atoms with Crippen LogP contribution in [0.15, 0.2) is 29.8 Å². The molecule has 0 aliphatic carbocycles. The molecule has 2 aromatic rings. The second-order valence-corrected chi connectivity index (χ2v) is 6.41. The van der Waals surface area contributed by atoms with E-state index in [0.717, 1.165) is 18.9 Å². The second kappa shape index (κ2) is 6.38. The van der Waals surface area contributed by atoms with Crippen LogP contribution < -0.4 is 9.62 Å². The number of anilines is 1. The number of morpholine rings is 1. The van der Waals surface area contributed by atoms with E-state index in [0.29, 0.717) is 19.0 Å². The summed E-state index contributed by atoms with van der Waals surface area (Å²) in [5.74, 6) is 1.18. The van der Waals surface area contributed by atoms with Gasteiger partial charge in [0.05, 0.1) is 32.3 Å². The van der Waals surface area contributed by atoms with Crippen LogP contribution in [0.25, 0.3) is 0 Å². The number of aromatic nitrogens is 4. The Morgan fingerprint density at radius 3 is 2.91 bits per heavy atom. The van der Waals surface area contributed by atoms with Crippen molar-refractivity contribution in [3.05, 3.63) is 30.6 Å². The molecule has 0 radical (unpaired) electrons. The van der Waals surface area contributed by atoms with E-state index in [9.17, 15) is 8.42 Å². The van der Waals surface area contributed by atoms with E-state index >= 15 is 0 Å². The molecule has 2 aromatic heterocycles. The van der Waals surface area contributed by atoms with Crippen LogP contribution >= 0.6 is 0 Å². The van der Waals surface area contributed by atoms with E-state index < -0.39 is 10.0 Å². The van der Waals surface area contributed by atoms with Crippen LogP contribution in [-0.2, 0) is 21.3 Å². The molecule has 0 atom stereocenters. The lowest BCUT2D eigenvalue weighted by Crippen LogP contribution is -2.37. The van der Waals surface area contributed by atoms with Gasteiger partial charge in [-0.05, 0) is 6.07 Å². The highest BCUT2D eigenvalue weighted by Crippen LogP contribution is 2.12. The van der Waals surface area contributed by atoms with Crippen LogP contribution in [0.1, 0.15) is 5.82 Å². The Morgan fingerprint density at radius 2 is 2.18 bits per heavy atom. The minimum absolute atomic E-state index is 0.0110. The Hall–Kier alpha value is -2.04. The maximum absolute atomic E-state index is 12.0. The van der Waals surface area contributed by atoms with Crippen LogP contribution in [0.2, 0.25) is 0 Å². The van der Waals surface area contributed by atoms with Crippen LogP contribution in [0.5, 0.6) is 0 Å². The summed E-state index contributed by atoms with van der Waals surface area (Å²) in [6.07, 6.45) is 4.18. The van der Waals surface area contributed by atoms with Gasteiger partial charge in [-0.15, -0.1) is 0 Å². The van der Waals surface area contributed by atoms with Gasteiger partial charge in [0, 0.05) is 19.3 Å². The third-order valence-electron chi connectivity index (χ3n) is 3.21. The lowest BCUT2D eigenvalue weighted by Gasteiger charge is -2.27. The quantitative estimate of drug-likeness (QED) is 0.763. The first-order chi connectivity index (χ1) is 10.6. The fourth-order valence-corrected chi connectivity index (χ4v) is 2.95. The molecular weight excluding hydrogens is 308 g/mol. The van der Waals surface area contributed by atoms with Gasteiger partial charge < -0.3 is 14.6 Å². The molecule has 0 spiro atoms. The highest BCUT2D eigenvalue weighted by atomic mass is 32.2. The molecule has 0 unspecified atom stereocenters. The third-order valence-corrected chi connectivity index (χ3v) is 4.54. The van der Waals surface area contributed by atoms with Crippen LogP contribution in [0, 0.1) is 0 Å². The van der Waals surface area contributed by atoms with Crippen LogP contribution in [-0.4, -0.2) is 54.7 Å². The highest BCUT2D eigenvalue weighted by molar-refractivity contribution is 7.89. The van der Waals surface area contributed by atoms with Gasteiger partial charge in [0.25, 0.3) is 10.0 Å². The molecular formula is C12H16N6O3S. The average molecular weight is 324 g/mol. The van der Waals surface area contributed by atoms with Gasteiger partial charge >= 0.3 is 0 Å². The second-order valence-electron chi connectivity index (χ2n) is 4.67. The first kappa shape index (κ1) is 14.9. The Bertz CT molecular complexity index is 712. The van der Waals surface area contributed by atoms with Crippen molar-refractivity contribution in [1.29, 1.82) is 0 Å². The zero-order valence-electron chi connectivity index (χ0n) is 11.8.